The average Bonchev–Trinajstić information content (AvgIpc) is 2.49. The highest BCUT2D eigenvalue weighted by Crippen LogP contribution is 2.16. The Kier molecular flexibility index (Phi) is 5.96. The van der Waals surface area contributed by atoms with E-state index < -0.39 is 0 Å². The van der Waals surface area contributed by atoms with Crippen molar-refractivity contribution in [1.29, 1.82) is 0 Å². The van der Waals surface area contributed by atoms with Gasteiger partial charge in [-0.3, -0.25) is 19.4 Å². The molecular weight excluding hydrogens is 272 g/mol. The zero-order chi connectivity index (χ0) is 15.2. The number of nitrogens with two attached hydrogens (primary N) is 1. The van der Waals surface area contributed by atoms with Gasteiger partial charge in [-0.1, -0.05) is 0 Å². The summed E-state index contributed by atoms with van der Waals surface area (Å²) in [5.74, 6) is -0.397. The summed E-state index contributed by atoms with van der Waals surface area (Å²) in [7, 11) is 0. The number of nitrogens with zero attached hydrogens (tertiary/aromatic N) is 3. The van der Waals surface area contributed by atoms with Crippen molar-refractivity contribution in [3.05, 3.63) is 0 Å². The lowest BCUT2D eigenvalue weighted by Crippen LogP contribution is -2.52. The molecule has 1 atom stereocenters. The lowest BCUT2D eigenvalue weighted by molar-refractivity contribution is -0.136. The van der Waals surface area contributed by atoms with Crippen LogP contribution in [0.5, 0.6) is 0 Å². The molecule has 0 aromatic rings. The molecule has 0 saturated carbocycles. The first kappa shape index (κ1) is 16.2. The number of amides is 2. The van der Waals surface area contributed by atoms with Crippen LogP contribution in [-0.2, 0) is 9.59 Å². The summed E-state index contributed by atoms with van der Waals surface area (Å²) in [6.07, 6.45) is 1.64. The van der Waals surface area contributed by atoms with Gasteiger partial charge in [0, 0.05) is 45.8 Å². The van der Waals surface area contributed by atoms with E-state index >= 15 is 0 Å². The molecular formula is C14H26N4O3. The predicted molar refractivity (Wildman–Crippen MR) is 78.5 cm³/mol. The smallest absolute Gasteiger partial charge is 0.236 e. The van der Waals surface area contributed by atoms with Crippen LogP contribution in [-0.4, -0.2) is 90.6 Å². The lowest BCUT2D eigenvalue weighted by atomic mass is 9.97. The highest BCUT2D eigenvalue weighted by molar-refractivity contribution is 5.81. The Morgan fingerprint density at radius 1 is 1.10 bits per heavy atom. The summed E-state index contributed by atoms with van der Waals surface area (Å²) < 4.78 is 0. The van der Waals surface area contributed by atoms with Gasteiger partial charge in [-0.05, 0) is 12.8 Å². The Labute approximate surface area is 125 Å². The van der Waals surface area contributed by atoms with Crippen molar-refractivity contribution in [2.24, 2.45) is 11.7 Å². The summed E-state index contributed by atoms with van der Waals surface area (Å²) >= 11 is 0. The normalized spacial score (nSPS) is 25.0. The molecule has 3 N–H and O–H groups in total. The third-order valence-electron chi connectivity index (χ3n) is 4.42. The number of likely N-dealkylation sites (tertiary alicyclic amines) is 1. The van der Waals surface area contributed by atoms with Crippen molar-refractivity contribution in [3.8, 4) is 0 Å². The molecule has 2 heterocycles. The van der Waals surface area contributed by atoms with Crippen LogP contribution in [0.4, 0.5) is 0 Å². The molecule has 0 radical (unpaired) electrons. The van der Waals surface area contributed by atoms with Crippen molar-refractivity contribution >= 4 is 11.8 Å². The monoisotopic (exact) mass is 298 g/mol. The van der Waals surface area contributed by atoms with E-state index in [1.165, 1.54) is 0 Å². The van der Waals surface area contributed by atoms with Crippen LogP contribution in [0.25, 0.3) is 0 Å². The van der Waals surface area contributed by atoms with Crippen LogP contribution < -0.4 is 5.73 Å². The van der Waals surface area contributed by atoms with Crippen LogP contribution in [0.2, 0.25) is 0 Å². The second-order valence-corrected chi connectivity index (χ2v) is 5.92. The maximum atomic E-state index is 12.3. The van der Waals surface area contributed by atoms with Gasteiger partial charge in [0.05, 0.1) is 19.1 Å². The van der Waals surface area contributed by atoms with E-state index in [1.54, 1.807) is 4.90 Å². The Hall–Kier alpha value is -1.18. The third-order valence-corrected chi connectivity index (χ3v) is 4.42. The molecule has 2 rings (SSSR count). The maximum Gasteiger partial charge on any atom is 0.236 e. The first-order chi connectivity index (χ1) is 10.1. The van der Waals surface area contributed by atoms with Crippen molar-refractivity contribution in [2.75, 3.05) is 59.0 Å². The molecule has 0 aromatic heterocycles. The Morgan fingerprint density at radius 3 is 2.38 bits per heavy atom. The van der Waals surface area contributed by atoms with E-state index in [-0.39, 0.29) is 24.3 Å². The van der Waals surface area contributed by atoms with Crippen LogP contribution in [0.3, 0.4) is 0 Å². The van der Waals surface area contributed by atoms with Crippen molar-refractivity contribution < 1.29 is 14.7 Å². The van der Waals surface area contributed by atoms with E-state index in [0.717, 1.165) is 45.6 Å². The van der Waals surface area contributed by atoms with Gasteiger partial charge in [0.15, 0.2) is 0 Å². The number of aliphatic hydroxyl groups is 1. The van der Waals surface area contributed by atoms with E-state index in [1.807, 2.05) is 0 Å². The summed E-state index contributed by atoms with van der Waals surface area (Å²) in [6, 6.07) is 0. The lowest BCUT2D eigenvalue weighted by Gasteiger charge is -2.36. The first-order valence-corrected chi connectivity index (χ1v) is 7.73. The van der Waals surface area contributed by atoms with Gasteiger partial charge in [-0.25, -0.2) is 0 Å². The van der Waals surface area contributed by atoms with Crippen LogP contribution in [0, 0.1) is 5.92 Å². The number of primary amides is 1. The Bertz CT molecular complexity index is 369. The average molecular weight is 298 g/mol. The highest BCUT2D eigenvalue weighted by atomic mass is 16.3. The second-order valence-electron chi connectivity index (χ2n) is 5.92. The summed E-state index contributed by atoms with van der Waals surface area (Å²) in [6.45, 7) is 5.97. The third kappa shape index (κ3) is 4.66. The van der Waals surface area contributed by atoms with Gasteiger partial charge < -0.3 is 15.7 Å². The van der Waals surface area contributed by atoms with Gasteiger partial charge in [0.25, 0.3) is 0 Å². The number of rotatable bonds is 5. The van der Waals surface area contributed by atoms with Crippen LogP contribution in [0.15, 0.2) is 0 Å². The number of aliphatic hydroxyl groups excluding tert-OH is 1. The van der Waals surface area contributed by atoms with E-state index in [2.05, 4.69) is 9.80 Å². The Balaban J connectivity index is 1.75. The zero-order valence-electron chi connectivity index (χ0n) is 12.5. The topological polar surface area (TPSA) is 90.1 Å². The van der Waals surface area contributed by atoms with Gasteiger partial charge in [-0.2, -0.15) is 0 Å². The standard InChI is InChI=1S/C14H26N4O3/c15-14(21)12-2-1-3-18(10-12)13(20)11-17-6-4-16(5-7-17)8-9-19/h12,19H,1-11H2,(H2,15,21). The molecule has 2 amide bonds. The molecule has 0 aliphatic carbocycles. The number of hydrogen-bond acceptors (Lipinski definition) is 5. The van der Waals surface area contributed by atoms with Gasteiger partial charge in [0.2, 0.25) is 11.8 Å². The van der Waals surface area contributed by atoms with E-state index in [0.29, 0.717) is 19.6 Å². The van der Waals surface area contributed by atoms with Crippen molar-refractivity contribution in [1.82, 2.24) is 14.7 Å². The number of carbonyl (C=O) groups is 2. The largest absolute Gasteiger partial charge is 0.395 e. The van der Waals surface area contributed by atoms with E-state index in [4.69, 9.17) is 10.8 Å². The zero-order valence-corrected chi connectivity index (χ0v) is 12.5. The molecule has 21 heavy (non-hydrogen) atoms. The van der Waals surface area contributed by atoms with Crippen molar-refractivity contribution in [2.45, 2.75) is 12.8 Å². The van der Waals surface area contributed by atoms with Crippen molar-refractivity contribution in [3.63, 3.8) is 0 Å². The maximum absolute atomic E-state index is 12.3. The van der Waals surface area contributed by atoms with Gasteiger partial charge in [-0.15, -0.1) is 0 Å². The second kappa shape index (κ2) is 7.72. The molecule has 0 spiro atoms. The number of carbonyl (C=O) groups excluding carboxylic acids is 2. The minimum atomic E-state index is -0.301. The molecule has 2 aliphatic rings. The Morgan fingerprint density at radius 2 is 1.76 bits per heavy atom. The number of piperidine rings is 1. The SMILES string of the molecule is NC(=O)C1CCCN(C(=O)CN2CCN(CCO)CC2)C1. The molecule has 1 unspecified atom stereocenters. The highest BCUT2D eigenvalue weighted by Gasteiger charge is 2.28. The van der Waals surface area contributed by atoms with Gasteiger partial charge in [0.1, 0.15) is 0 Å². The van der Waals surface area contributed by atoms with Gasteiger partial charge >= 0.3 is 0 Å². The number of hydrogen-bond donors (Lipinski definition) is 2. The molecule has 0 aromatic carbocycles. The fourth-order valence-electron chi connectivity index (χ4n) is 3.04. The van der Waals surface area contributed by atoms with Crippen LogP contribution >= 0.6 is 0 Å². The molecule has 2 fully saturated rings. The summed E-state index contributed by atoms with van der Waals surface area (Å²) in [5.41, 5.74) is 5.34. The van der Waals surface area contributed by atoms with E-state index in [9.17, 15) is 9.59 Å². The quantitative estimate of drug-likeness (QED) is 0.633. The summed E-state index contributed by atoms with van der Waals surface area (Å²) in [4.78, 5) is 29.7. The minimum absolute atomic E-state index is 0.0940. The molecule has 0 bridgehead atoms. The number of piperazine rings is 1. The molecule has 7 heteroatoms. The fraction of sp³-hybridized carbons (Fsp3) is 0.857. The van der Waals surface area contributed by atoms with Crippen LogP contribution in [0.1, 0.15) is 12.8 Å². The number of β-amino-alcohol motifs (C(OH)–C–C–N with tert-alkyl or cyclic N) is 1. The molecule has 2 aliphatic heterocycles. The predicted octanol–water partition coefficient (Wildman–Crippen LogP) is -1.68. The molecule has 2 saturated heterocycles. The molecule has 120 valence electrons. The molecule has 7 nitrogen and oxygen atoms in total. The first-order valence-electron chi connectivity index (χ1n) is 7.73. The minimum Gasteiger partial charge on any atom is -0.395 e. The fourth-order valence-corrected chi connectivity index (χ4v) is 3.04. The summed E-state index contributed by atoms with van der Waals surface area (Å²) in [5, 5.41) is 8.92.